The lowest BCUT2D eigenvalue weighted by molar-refractivity contribution is 0.775. The van der Waals surface area contributed by atoms with Crippen molar-refractivity contribution in [2.24, 2.45) is 4.99 Å². The highest BCUT2D eigenvalue weighted by atomic mass is 32.1. The molecule has 0 saturated carbocycles. The third-order valence-electron chi connectivity index (χ3n) is 3.91. The van der Waals surface area contributed by atoms with Gasteiger partial charge in [-0.05, 0) is 29.3 Å². The fourth-order valence-corrected chi connectivity index (χ4v) is 3.63. The largest absolute Gasteiger partial charge is 0.312 e. The molecule has 2 aromatic heterocycles. The van der Waals surface area contributed by atoms with Crippen LogP contribution in [0, 0.1) is 0 Å². The standard InChI is InChI=1S/C21H17N3S/c1-3-9-18(10-4-1)20-16-25-21(23-19-11-5-2-6-12-19)24(20)15-17-8-7-13-22-14-17/h1-14,16H,15H2. The maximum Gasteiger partial charge on any atom is 0.190 e. The molecule has 0 saturated heterocycles. The van der Waals surface area contributed by atoms with E-state index in [1.165, 1.54) is 11.3 Å². The summed E-state index contributed by atoms with van der Waals surface area (Å²) in [6, 6.07) is 24.6. The highest BCUT2D eigenvalue weighted by Crippen LogP contribution is 2.21. The number of thiazole rings is 1. The van der Waals surface area contributed by atoms with E-state index in [0.29, 0.717) is 0 Å². The second-order valence-electron chi connectivity index (χ2n) is 5.66. The van der Waals surface area contributed by atoms with Crippen LogP contribution in [0.4, 0.5) is 5.69 Å². The zero-order chi connectivity index (χ0) is 16.9. The Hall–Kier alpha value is -2.98. The number of aromatic nitrogens is 2. The van der Waals surface area contributed by atoms with Crippen molar-refractivity contribution < 1.29 is 0 Å². The first-order valence-electron chi connectivity index (χ1n) is 8.12. The van der Waals surface area contributed by atoms with Gasteiger partial charge in [0.1, 0.15) is 0 Å². The summed E-state index contributed by atoms with van der Waals surface area (Å²) >= 11 is 1.66. The number of para-hydroxylation sites is 1. The van der Waals surface area contributed by atoms with Gasteiger partial charge in [0.2, 0.25) is 0 Å². The van der Waals surface area contributed by atoms with E-state index in [9.17, 15) is 0 Å². The average Bonchev–Trinajstić information content (AvgIpc) is 3.06. The molecule has 0 amide bonds. The van der Waals surface area contributed by atoms with Crippen LogP contribution in [0.25, 0.3) is 11.3 Å². The third kappa shape index (κ3) is 3.59. The van der Waals surface area contributed by atoms with Crippen LogP contribution in [0.3, 0.4) is 0 Å². The van der Waals surface area contributed by atoms with E-state index >= 15 is 0 Å². The van der Waals surface area contributed by atoms with Crippen LogP contribution >= 0.6 is 11.3 Å². The molecule has 2 aromatic carbocycles. The van der Waals surface area contributed by atoms with E-state index in [0.717, 1.165) is 22.6 Å². The smallest absolute Gasteiger partial charge is 0.190 e. The lowest BCUT2D eigenvalue weighted by atomic mass is 10.1. The fraction of sp³-hybridized carbons (Fsp3) is 0.0476. The Morgan fingerprint density at radius 3 is 2.36 bits per heavy atom. The molecule has 2 heterocycles. The number of hydrogen-bond acceptors (Lipinski definition) is 3. The van der Waals surface area contributed by atoms with Crippen LogP contribution in [0.1, 0.15) is 5.56 Å². The molecule has 3 nitrogen and oxygen atoms in total. The van der Waals surface area contributed by atoms with E-state index in [1.54, 1.807) is 17.5 Å². The molecule has 0 N–H and O–H groups in total. The van der Waals surface area contributed by atoms with Gasteiger partial charge in [-0.3, -0.25) is 4.98 Å². The predicted molar refractivity (Wildman–Crippen MR) is 103 cm³/mol. The fourth-order valence-electron chi connectivity index (χ4n) is 2.70. The van der Waals surface area contributed by atoms with Gasteiger partial charge in [0.25, 0.3) is 0 Å². The lowest BCUT2D eigenvalue weighted by Crippen LogP contribution is -2.16. The van der Waals surface area contributed by atoms with Crippen LogP contribution in [-0.4, -0.2) is 9.55 Å². The van der Waals surface area contributed by atoms with Gasteiger partial charge in [0.05, 0.1) is 17.9 Å². The molecule has 0 spiro atoms. The van der Waals surface area contributed by atoms with Crippen LogP contribution in [0.2, 0.25) is 0 Å². The van der Waals surface area contributed by atoms with Gasteiger partial charge in [0.15, 0.2) is 4.80 Å². The second-order valence-corrected chi connectivity index (χ2v) is 6.50. The van der Waals surface area contributed by atoms with Crippen LogP contribution in [0.15, 0.2) is 95.6 Å². The molecular weight excluding hydrogens is 326 g/mol. The van der Waals surface area contributed by atoms with Gasteiger partial charge < -0.3 is 4.57 Å². The van der Waals surface area contributed by atoms with Gasteiger partial charge >= 0.3 is 0 Å². The Balaban J connectivity index is 1.85. The minimum atomic E-state index is 0.743. The summed E-state index contributed by atoms with van der Waals surface area (Å²) < 4.78 is 2.25. The summed E-state index contributed by atoms with van der Waals surface area (Å²) in [6.45, 7) is 0.743. The molecule has 0 aliphatic rings. The van der Waals surface area contributed by atoms with Crippen molar-refractivity contribution in [2.75, 3.05) is 0 Å². The zero-order valence-electron chi connectivity index (χ0n) is 13.6. The van der Waals surface area contributed by atoms with Crippen molar-refractivity contribution in [2.45, 2.75) is 6.54 Å². The highest BCUT2D eigenvalue weighted by molar-refractivity contribution is 7.07. The van der Waals surface area contributed by atoms with Crippen LogP contribution < -0.4 is 4.80 Å². The number of rotatable bonds is 4. The van der Waals surface area contributed by atoms with Crippen molar-refractivity contribution in [1.82, 2.24) is 9.55 Å². The molecule has 0 fully saturated rings. The van der Waals surface area contributed by atoms with Crippen molar-refractivity contribution in [3.63, 3.8) is 0 Å². The molecule has 25 heavy (non-hydrogen) atoms. The number of nitrogens with zero attached hydrogens (tertiary/aromatic N) is 3. The monoisotopic (exact) mass is 343 g/mol. The first kappa shape index (κ1) is 15.5. The van der Waals surface area contributed by atoms with E-state index in [2.05, 4.69) is 45.3 Å². The second kappa shape index (κ2) is 7.28. The van der Waals surface area contributed by atoms with Gasteiger partial charge in [-0.15, -0.1) is 11.3 Å². The summed E-state index contributed by atoms with van der Waals surface area (Å²) in [5, 5.41) is 2.17. The summed E-state index contributed by atoms with van der Waals surface area (Å²) in [6.07, 6.45) is 3.71. The first-order chi connectivity index (χ1) is 12.4. The highest BCUT2D eigenvalue weighted by Gasteiger charge is 2.08. The lowest BCUT2D eigenvalue weighted by Gasteiger charge is -2.09. The van der Waals surface area contributed by atoms with Crippen molar-refractivity contribution in [3.05, 3.63) is 101 Å². The molecule has 0 bridgehead atoms. The van der Waals surface area contributed by atoms with Gasteiger partial charge in [-0.2, -0.15) is 0 Å². The Bertz CT molecular complexity index is 1000. The Labute approximate surface area is 150 Å². The predicted octanol–water partition coefficient (Wildman–Crippen LogP) is 4.89. The van der Waals surface area contributed by atoms with Crippen molar-refractivity contribution in [1.29, 1.82) is 0 Å². The minimum Gasteiger partial charge on any atom is -0.312 e. The molecule has 4 rings (SSSR count). The van der Waals surface area contributed by atoms with Gasteiger partial charge in [0, 0.05) is 17.8 Å². The Kier molecular flexibility index (Phi) is 4.53. The van der Waals surface area contributed by atoms with Gasteiger partial charge in [-0.1, -0.05) is 54.6 Å². The Morgan fingerprint density at radius 2 is 1.64 bits per heavy atom. The quantitative estimate of drug-likeness (QED) is 0.519. The van der Waals surface area contributed by atoms with E-state index in [1.807, 2.05) is 48.7 Å². The summed E-state index contributed by atoms with van der Waals surface area (Å²) in [4.78, 5) is 10.1. The molecule has 0 atom stereocenters. The minimum absolute atomic E-state index is 0.743. The van der Waals surface area contributed by atoms with Gasteiger partial charge in [-0.25, -0.2) is 4.99 Å². The Morgan fingerprint density at radius 1 is 0.880 bits per heavy atom. The molecule has 0 aliphatic heterocycles. The first-order valence-corrected chi connectivity index (χ1v) is 9.00. The number of hydrogen-bond donors (Lipinski definition) is 0. The van der Waals surface area contributed by atoms with Crippen molar-refractivity contribution in [3.8, 4) is 11.3 Å². The molecule has 4 heteroatoms. The number of benzene rings is 2. The number of pyridine rings is 1. The SMILES string of the molecule is c1ccc(N=c2scc(-c3ccccc3)n2Cc2cccnc2)cc1. The van der Waals surface area contributed by atoms with Crippen molar-refractivity contribution >= 4 is 17.0 Å². The van der Waals surface area contributed by atoms with Crippen LogP contribution in [0.5, 0.6) is 0 Å². The zero-order valence-corrected chi connectivity index (χ0v) is 14.4. The normalized spacial score (nSPS) is 11.6. The summed E-state index contributed by atoms with van der Waals surface area (Å²) in [7, 11) is 0. The molecule has 122 valence electrons. The van der Waals surface area contributed by atoms with E-state index < -0.39 is 0 Å². The van der Waals surface area contributed by atoms with Crippen LogP contribution in [-0.2, 0) is 6.54 Å². The molecule has 0 radical (unpaired) electrons. The molecule has 0 aliphatic carbocycles. The maximum absolute atomic E-state index is 4.84. The topological polar surface area (TPSA) is 30.2 Å². The third-order valence-corrected chi connectivity index (χ3v) is 4.78. The van der Waals surface area contributed by atoms with E-state index in [-0.39, 0.29) is 0 Å². The maximum atomic E-state index is 4.84. The summed E-state index contributed by atoms with van der Waals surface area (Å²) in [5.74, 6) is 0. The molecular formula is C21H17N3S. The molecule has 4 aromatic rings. The molecule has 0 unspecified atom stereocenters. The average molecular weight is 343 g/mol. The summed E-state index contributed by atoms with van der Waals surface area (Å²) in [5.41, 5.74) is 4.48. The van der Waals surface area contributed by atoms with E-state index in [4.69, 9.17) is 4.99 Å².